The molecule has 5 rings (SSSR count). The average Bonchev–Trinajstić information content (AvgIpc) is 3.47. The molecule has 0 aliphatic carbocycles. The lowest BCUT2D eigenvalue weighted by Crippen LogP contribution is -2.18. The standard InChI is InChI=1S/C25H28N6OS/c1-3-12-31-21-9-5-4-8-19(21)23-24(31)27-25(29-28-23)33-16-22(32)26-20-11-10-18(15-17(20)2)30-13-6-7-14-30/h4-5,8-11,15H,3,6-7,12-14,16H2,1-2H3,(H,26,32). The molecule has 0 spiro atoms. The molecule has 0 radical (unpaired) electrons. The Morgan fingerprint density at radius 2 is 1.94 bits per heavy atom. The first-order valence-corrected chi connectivity index (χ1v) is 12.5. The van der Waals surface area contributed by atoms with Crippen LogP contribution >= 0.6 is 11.8 Å². The number of hydrogen-bond acceptors (Lipinski definition) is 6. The van der Waals surface area contributed by atoms with Crippen LogP contribution in [0.2, 0.25) is 0 Å². The zero-order valence-corrected chi connectivity index (χ0v) is 19.9. The molecule has 0 atom stereocenters. The molecule has 2 aromatic heterocycles. The van der Waals surface area contributed by atoms with Crippen molar-refractivity contribution in [2.75, 3.05) is 29.1 Å². The van der Waals surface area contributed by atoms with Gasteiger partial charge in [0.15, 0.2) is 5.65 Å². The van der Waals surface area contributed by atoms with Gasteiger partial charge in [-0.3, -0.25) is 4.79 Å². The van der Waals surface area contributed by atoms with Crippen LogP contribution in [0.25, 0.3) is 22.1 Å². The molecule has 4 aromatic rings. The average molecular weight is 461 g/mol. The van der Waals surface area contributed by atoms with Crippen molar-refractivity contribution in [3.8, 4) is 0 Å². The number of aromatic nitrogens is 4. The second-order valence-electron chi connectivity index (χ2n) is 8.47. The second kappa shape index (κ2) is 9.39. The summed E-state index contributed by atoms with van der Waals surface area (Å²) in [6.07, 6.45) is 3.49. The van der Waals surface area contributed by atoms with Crippen LogP contribution in [0.5, 0.6) is 0 Å². The van der Waals surface area contributed by atoms with Crippen molar-refractivity contribution < 1.29 is 4.79 Å². The minimum Gasteiger partial charge on any atom is -0.372 e. The Labute approximate surface area is 197 Å². The molecule has 0 saturated carbocycles. The number of para-hydroxylation sites is 1. The van der Waals surface area contributed by atoms with Gasteiger partial charge in [0, 0.05) is 36.4 Å². The molecule has 0 unspecified atom stereocenters. The maximum absolute atomic E-state index is 12.6. The summed E-state index contributed by atoms with van der Waals surface area (Å²) in [5.74, 6) is 0.156. The van der Waals surface area contributed by atoms with Crippen molar-refractivity contribution in [3.05, 3.63) is 48.0 Å². The van der Waals surface area contributed by atoms with Crippen LogP contribution in [-0.4, -0.2) is 44.5 Å². The molecule has 170 valence electrons. The van der Waals surface area contributed by atoms with Crippen molar-refractivity contribution in [1.82, 2.24) is 19.7 Å². The predicted molar refractivity (Wildman–Crippen MR) is 135 cm³/mol. The fourth-order valence-electron chi connectivity index (χ4n) is 4.48. The molecule has 8 heteroatoms. The number of amides is 1. The molecule has 7 nitrogen and oxygen atoms in total. The number of nitrogens with zero attached hydrogens (tertiary/aromatic N) is 5. The molecule has 1 N–H and O–H groups in total. The Kier molecular flexibility index (Phi) is 6.17. The van der Waals surface area contributed by atoms with Crippen LogP contribution in [0.15, 0.2) is 47.6 Å². The molecular formula is C25H28N6OS. The number of benzene rings is 2. The van der Waals surface area contributed by atoms with Crippen LogP contribution in [0, 0.1) is 6.92 Å². The molecule has 1 amide bonds. The topological polar surface area (TPSA) is 75.9 Å². The number of rotatable bonds is 7. The highest BCUT2D eigenvalue weighted by Crippen LogP contribution is 2.28. The Morgan fingerprint density at radius 3 is 2.73 bits per heavy atom. The third-order valence-corrected chi connectivity index (χ3v) is 6.93. The molecule has 1 saturated heterocycles. The lowest BCUT2D eigenvalue weighted by molar-refractivity contribution is -0.113. The first-order valence-electron chi connectivity index (χ1n) is 11.5. The predicted octanol–water partition coefficient (Wildman–Crippen LogP) is 5.03. The summed E-state index contributed by atoms with van der Waals surface area (Å²) >= 11 is 1.31. The highest BCUT2D eigenvalue weighted by Gasteiger charge is 2.16. The molecule has 1 fully saturated rings. The largest absolute Gasteiger partial charge is 0.372 e. The van der Waals surface area contributed by atoms with E-state index in [0.29, 0.717) is 5.16 Å². The summed E-state index contributed by atoms with van der Waals surface area (Å²) in [4.78, 5) is 19.8. The van der Waals surface area contributed by atoms with E-state index in [0.717, 1.165) is 59.4 Å². The van der Waals surface area contributed by atoms with Crippen LogP contribution in [-0.2, 0) is 11.3 Å². The van der Waals surface area contributed by atoms with Gasteiger partial charge < -0.3 is 14.8 Å². The van der Waals surface area contributed by atoms with Gasteiger partial charge in [0.05, 0.1) is 11.3 Å². The number of aryl methyl sites for hydroxylation is 2. The molecule has 3 heterocycles. The van der Waals surface area contributed by atoms with Gasteiger partial charge in [-0.2, -0.15) is 0 Å². The lowest BCUT2D eigenvalue weighted by Gasteiger charge is -2.19. The van der Waals surface area contributed by atoms with E-state index in [1.807, 2.05) is 25.1 Å². The normalized spacial score (nSPS) is 13.8. The van der Waals surface area contributed by atoms with Crippen LogP contribution < -0.4 is 10.2 Å². The van der Waals surface area contributed by atoms with Crippen molar-refractivity contribution in [3.63, 3.8) is 0 Å². The number of carbonyl (C=O) groups excluding carboxylic acids is 1. The van der Waals surface area contributed by atoms with E-state index in [4.69, 9.17) is 4.98 Å². The number of nitrogens with one attached hydrogen (secondary N) is 1. The maximum atomic E-state index is 12.6. The first kappa shape index (κ1) is 21.7. The number of thioether (sulfide) groups is 1. The third-order valence-electron chi connectivity index (χ3n) is 6.09. The van der Waals surface area contributed by atoms with Gasteiger partial charge in [0.2, 0.25) is 11.1 Å². The SMILES string of the molecule is CCCn1c2ccccc2c2nnc(SCC(=O)Nc3ccc(N4CCCC4)cc3C)nc21. The Balaban J connectivity index is 1.29. The van der Waals surface area contributed by atoms with Crippen molar-refractivity contribution >= 4 is 51.1 Å². The summed E-state index contributed by atoms with van der Waals surface area (Å²) in [6, 6.07) is 14.4. The molecule has 2 aromatic carbocycles. The van der Waals surface area contributed by atoms with E-state index < -0.39 is 0 Å². The number of carbonyl (C=O) groups is 1. The first-order chi connectivity index (χ1) is 16.1. The van der Waals surface area contributed by atoms with E-state index in [-0.39, 0.29) is 11.7 Å². The summed E-state index contributed by atoms with van der Waals surface area (Å²) in [5, 5.41) is 13.3. The smallest absolute Gasteiger partial charge is 0.234 e. The minimum absolute atomic E-state index is 0.0742. The van der Waals surface area contributed by atoms with E-state index in [1.165, 1.54) is 30.3 Å². The summed E-state index contributed by atoms with van der Waals surface area (Å²) in [5.41, 5.74) is 5.89. The van der Waals surface area contributed by atoms with Gasteiger partial charge >= 0.3 is 0 Å². The molecule has 0 bridgehead atoms. The Morgan fingerprint density at radius 1 is 1.12 bits per heavy atom. The van der Waals surface area contributed by atoms with Gasteiger partial charge in [-0.05, 0) is 56.0 Å². The highest BCUT2D eigenvalue weighted by atomic mass is 32.2. The molecule has 33 heavy (non-hydrogen) atoms. The van der Waals surface area contributed by atoms with Crippen LogP contribution in [0.3, 0.4) is 0 Å². The molecular weight excluding hydrogens is 432 g/mol. The van der Waals surface area contributed by atoms with Crippen molar-refractivity contribution in [1.29, 1.82) is 0 Å². The monoisotopic (exact) mass is 460 g/mol. The molecule has 1 aliphatic heterocycles. The molecule has 1 aliphatic rings. The van der Waals surface area contributed by atoms with E-state index in [9.17, 15) is 4.79 Å². The maximum Gasteiger partial charge on any atom is 0.234 e. The lowest BCUT2D eigenvalue weighted by atomic mass is 10.1. The Hall–Kier alpha value is -3.13. The summed E-state index contributed by atoms with van der Waals surface area (Å²) < 4.78 is 2.19. The quantitative estimate of drug-likeness (QED) is 0.390. The fraction of sp³-hybridized carbons (Fsp3) is 0.360. The summed E-state index contributed by atoms with van der Waals surface area (Å²) in [6.45, 7) is 7.26. The fourth-order valence-corrected chi connectivity index (χ4v) is 5.06. The second-order valence-corrected chi connectivity index (χ2v) is 9.41. The number of fused-ring (bicyclic) bond motifs is 3. The van der Waals surface area contributed by atoms with Gasteiger partial charge in [0.1, 0.15) is 5.52 Å². The zero-order chi connectivity index (χ0) is 22.8. The highest BCUT2D eigenvalue weighted by molar-refractivity contribution is 7.99. The third kappa shape index (κ3) is 4.39. The van der Waals surface area contributed by atoms with Gasteiger partial charge in [0.25, 0.3) is 0 Å². The summed E-state index contributed by atoms with van der Waals surface area (Å²) in [7, 11) is 0. The van der Waals surface area contributed by atoms with E-state index >= 15 is 0 Å². The number of anilines is 2. The van der Waals surface area contributed by atoms with Crippen LogP contribution in [0.1, 0.15) is 31.7 Å². The van der Waals surface area contributed by atoms with Crippen molar-refractivity contribution in [2.45, 2.75) is 44.8 Å². The Bertz CT molecular complexity index is 1310. The van der Waals surface area contributed by atoms with Gasteiger partial charge in [-0.15, -0.1) is 10.2 Å². The van der Waals surface area contributed by atoms with E-state index in [2.05, 4.69) is 56.2 Å². The minimum atomic E-state index is -0.0742. The van der Waals surface area contributed by atoms with E-state index in [1.54, 1.807) is 0 Å². The van der Waals surface area contributed by atoms with Gasteiger partial charge in [-0.1, -0.05) is 36.9 Å². The zero-order valence-electron chi connectivity index (χ0n) is 19.0. The van der Waals surface area contributed by atoms with Gasteiger partial charge in [-0.25, -0.2) is 4.98 Å². The van der Waals surface area contributed by atoms with Crippen LogP contribution in [0.4, 0.5) is 11.4 Å². The van der Waals surface area contributed by atoms with Crippen molar-refractivity contribution in [2.24, 2.45) is 0 Å². The number of hydrogen-bond donors (Lipinski definition) is 1.